The first-order valence-electron chi connectivity index (χ1n) is 13.7. The summed E-state index contributed by atoms with van der Waals surface area (Å²) in [5.74, 6) is -1.00. The van der Waals surface area contributed by atoms with E-state index in [2.05, 4.69) is 18.2 Å². The molecule has 0 bridgehead atoms. The van der Waals surface area contributed by atoms with Crippen LogP contribution < -0.4 is 4.57 Å². The van der Waals surface area contributed by atoms with Gasteiger partial charge in [0.15, 0.2) is 5.82 Å². The van der Waals surface area contributed by atoms with Gasteiger partial charge in [-0.1, -0.05) is 62.4 Å². The lowest BCUT2D eigenvalue weighted by molar-refractivity contribution is -0.662. The Bertz CT molecular complexity index is 2020. The SMILES string of the molecule is [2H]C([2H])(c1cc(-c2c(C)ccc3c2oc2c(-c4ccc5ccccc5c4)c(C#N)ccc23)[n+](C)cc1F)C(C)C. The van der Waals surface area contributed by atoms with Crippen molar-refractivity contribution in [2.45, 2.75) is 27.1 Å². The van der Waals surface area contributed by atoms with Gasteiger partial charge in [-0.25, -0.2) is 4.39 Å². The molecular formula is C34H28FN2O+. The van der Waals surface area contributed by atoms with Crippen LogP contribution in [-0.4, -0.2) is 0 Å². The van der Waals surface area contributed by atoms with Gasteiger partial charge in [0.2, 0.25) is 11.9 Å². The number of fused-ring (bicyclic) bond motifs is 4. The second-order valence-electron chi connectivity index (χ2n) is 10.1. The molecule has 0 aliphatic rings. The van der Waals surface area contributed by atoms with E-state index in [4.69, 9.17) is 7.16 Å². The number of pyridine rings is 1. The Balaban J connectivity index is 1.67. The minimum Gasteiger partial charge on any atom is -0.454 e. The predicted molar refractivity (Wildman–Crippen MR) is 151 cm³/mol. The van der Waals surface area contributed by atoms with Crippen molar-refractivity contribution in [3.63, 3.8) is 0 Å². The van der Waals surface area contributed by atoms with E-state index in [9.17, 15) is 5.26 Å². The summed E-state index contributed by atoms with van der Waals surface area (Å²) in [6.07, 6.45) is -0.520. The number of hydrogen-bond donors (Lipinski definition) is 0. The Labute approximate surface area is 224 Å². The van der Waals surface area contributed by atoms with Gasteiger partial charge in [0.25, 0.3) is 0 Å². The Morgan fingerprint density at radius 2 is 1.66 bits per heavy atom. The zero-order chi connectivity index (χ0) is 28.3. The number of aromatic nitrogens is 1. The maximum Gasteiger partial charge on any atom is 0.216 e. The number of aryl methyl sites for hydroxylation is 2. The fourth-order valence-electron chi connectivity index (χ4n) is 5.33. The fourth-order valence-corrected chi connectivity index (χ4v) is 5.33. The molecule has 38 heavy (non-hydrogen) atoms. The molecule has 4 aromatic carbocycles. The monoisotopic (exact) mass is 501 g/mol. The predicted octanol–water partition coefficient (Wildman–Crippen LogP) is 8.42. The highest BCUT2D eigenvalue weighted by Crippen LogP contribution is 2.42. The first-order chi connectivity index (χ1) is 19.1. The molecule has 0 aliphatic heterocycles. The fraction of sp³-hybridized carbons (Fsp3) is 0.176. The minimum atomic E-state index is -1.85. The summed E-state index contributed by atoms with van der Waals surface area (Å²) in [6, 6.07) is 25.9. The molecule has 0 unspecified atom stereocenters. The molecule has 0 spiro atoms. The van der Waals surface area contributed by atoms with Crippen LogP contribution in [0.2, 0.25) is 0 Å². The van der Waals surface area contributed by atoms with Gasteiger partial charge in [0.05, 0.1) is 17.2 Å². The lowest BCUT2D eigenvalue weighted by atomic mass is 9.94. The number of nitrogens with zero attached hydrogens (tertiary/aromatic N) is 2. The number of benzene rings is 4. The zero-order valence-corrected chi connectivity index (χ0v) is 21.8. The molecule has 6 rings (SSSR count). The van der Waals surface area contributed by atoms with E-state index in [0.717, 1.165) is 43.8 Å². The number of furan rings is 1. The molecule has 3 nitrogen and oxygen atoms in total. The standard InChI is InChI=1S/C34H28FN2O/c1-20(2)15-26-17-30(37(4)19-29(26)35)31-21(3)9-13-27-28-14-12-25(18-36)32(34(28)38-33(27)31)24-11-10-22-7-5-6-8-23(22)16-24/h5-14,16-17,19-20H,15H2,1-4H3/q+1/i15D2. The van der Waals surface area contributed by atoms with Gasteiger partial charge in [0.1, 0.15) is 18.2 Å². The molecule has 4 heteroatoms. The van der Waals surface area contributed by atoms with Crippen LogP contribution in [0, 0.1) is 30.0 Å². The first kappa shape index (κ1) is 21.6. The van der Waals surface area contributed by atoms with E-state index >= 15 is 4.39 Å². The van der Waals surface area contributed by atoms with Crippen LogP contribution in [0.5, 0.6) is 0 Å². The number of rotatable bonds is 4. The summed E-state index contributed by atoms with van der Waals surface area (Å²) in [6.45, 7) is 5.46. The normalized spacial score (nSPS) is 12.8. The number of hydrogen-bond acceptors (Lipinski definition) is 2. The second-order valence-corrected chi connectivity index (χ2v) is 10.1. The van der Waals surface area contributed by atoms with Gasteiger partial charge in [-0.2, -0.15) is 9.83 Å². The molecule has 0 radical (unpaired) electrons. The van der Waals surface area contributed by atoms with Gasteiger partial charge < -0.3 is 4.42 Å². The zero-order valence-electron chi connectivity index (χ0n) is 23.8. The first-order valence-corrected chi connectivity index (χ1v) is 12.7. The third-order valence-electron chi connectivity index (χ3n) is 7.10. The quantitative estimate of drug-likeness (QED) is 0.228. The van der Waals surface area contributed by atoms with Crippen molar-refractivity contribution in [2.75, 3.05) is 0 Å². The van der Waals surface area contributed by atoms with E-state index in [1.807, 2.05) is 61.5 Å². The molecule has 186 valence electrons. The van der Waals surface area contributed by atoms with E-state index in [-0.39, 0.29) is 5.56 Å². The van der Waals surface area contributed by atoms with Gasteiger partial charge >= 0.3 is 0 Å². The highest BCUT2D eigenvalue weighted by Gasteiger charge is 2.25. The van der Waals surface area contributed by atoms with Crippen molar-refractivity contribution in [3.8, 4) is 28.5 Å². The molecule has 2 aromatic heterocycles. The van der Waals surface area contributed by atoms with Crippen LogP contribution in [0.1, 0.15) is 33.3 Å². The minimum absolute atomic E-state index is 0.0201. The Morgan fingerprint density at radius 1 is 0.947 bits per heavy atom. The molecular weight excluding hydrogens is 471 g/mol. The lowest BCUT2D eigenvalue weighted by Gasteiger charge is -2.10. The topological polar surface area (TPSA) is 40.8 Å². The van der Waals surface area contributed by atoms with Gasteiger partial charge in [-0.3, -0.25) is 0 Å². The van der Waals surface area contributed by atoms with Crippen molar-refractivity contribution < 1.29 is 16.1 Å². The average Bonchev–Trinajstić information content (AvgIpc) is 3.31. The summed E-state index contributed by atoms with van der Waals surface area (Å²) in [5.41, 5.74) is 5.70. The molecule has 0 saturated carbocycles. The van der Waals surface area contributed by atoms with Crippen LogP contribution in [0.4, 0.5) is 4.39 Å². The summed E-state index contributed by atoms with van der Waals surface area (Å²) in [7, 11) is 1.75. The van der Waals surface area contributed by atoms with Gasteiger partial charge in [0, 0.05) is 30.7 Å². The maximum atomic E-state index is 15.1. The molecule has 0 amide bonds. The van der Waals surface area contributed by atoms with Crippen molar-refractivity contribution in [1.29, 1.82) is 5.26 Å². The number of halogens is 1. The smallest absolute Gasteiger partial charge is 0.216 e. The third-order valence-corrected chi connectivity index (χ3v) is 7.10. The molecule has 0 N–H and O–H groups in total. The largest absolute Gasteiger partial charge is 0.454 e. The van der Waals surface area contributed by atoms with Crippen LogP contribution in [-0.2, 0) is 13.4 Å². The molecule has 0 saturated heterocycles. The van der Waals surface area contributed by atoms with Gasteiger partial charge in [-0.05, 0) is 59.3 Å². The van der Waals surface area contributed by atoms with Crippen LogP contribution in [0.25, 0.3) is 55.1 Å². The van der Waals surface area contributed by atoms with E-state index in [1.54, 1.807) is 31.5 Å². The summed E-state index contributed by atoms with van der Waals surface area (Å²) < 4.78 is 40.6. The third kappa shape index (κ3) is 3.83. The summed E-state index contributed by atoms with van der Waals surface area (Å²) >= 11 is 0. The van der Waals surface area contributed by atoms with Crippen molar-refractivity contribution in [2.24, 2.45) is 13.0 Å². The molecule has 0 atom stereocenters. The van der Waals surface area contributed by atoms with E-state index < -0.39 is 18.1 Å². The average molecular weight is 502 g/mol. The van der Waals surface area contributed by atoms with Crippen molar-refractivity contribution in [3.05, 3.63) is 102 Å². The van der Waals surface area contributed by atoms with E-state index in [0.29, 0.717) is 22.4 Å². The highest BCUT2D eigenvalue weighted by atomic mass is 19.1. The Kier molecular flexibility index (Phi) is 5.18. The maximum absolute atomic E-state index is 15.1. The van der Waals surface area contributed by atoms with E-state index in [1.165, 1.54) is 6.20 Å². The summed E-state index contributed by atoms with van der Waals surface area (Å²) in [5, 5.41) is 14.0. The highest BCUT2D eigenvalue weighted by molar-refractivity contribution is 6.14. The lowest BCUT2D eigenvalue weighted by Crippen LogP contribution is -2.32. The van der Waals surface area contributed by atoms with Crippen LogP contribution >= 0.6 is 0 Å². The van der Waals surface area contributed by atoms with Crippen molar-refractivity contribution in [1.82, 2.24) is 0 Å². The Hall–Kier alpha value is -4.49. The second kappa shape index (κ2) is 9.11. The van der Waals surface area contributed by atoms with Crippen LogP contribution in [0.15, 0.2) is 83.4 Å². The molecule has 0 aliphatic carbocycles. The Morgan fingerprint density at radius 3 is 2.39 bits per heavy atom. The molecule has 2 heterocycles. The number of nitriles is 1. The molecule has 0 fully saturated rings. The molecule has 6 aromatic rings. The van der Waals surface area contributed by atoms with Crippen molar-refractivity contribution >= 4 is 32.7 Å². The van der Waals surface area contributed by atoms with Crippen LogP contribution in [0.3, 0.4) is 0 Å². The summed E-state index contributed by atoms with van der Waals surface area (Å²) in [4.78, 5) is 0. The van der Waals surface area contributed by atoms with Gasteiger partial charge in [-0.15, -0.1) is 0 Å².